The number of carbonyl (C=O) groups excluding carboxylic acids is 1. The van der Waals surface area contributed by atoms with Crippen molar-refractivity contribution in [3.63, 3.8) is 0 Å². The van der Waals surface area contributed by atoms with Crippen molar-refractivity contribution >= 4 is 5.91 Å². The first-order valence-electron chi connectivity index (χ1n) is 8.19. The van der Waals surface area contributed by atoms with Crippen LogP contribution in [0.25, 0.3) is 11.5 Å². The normalized spacial score (nSPS) is 19.3. The second-order valence-corrected chi connectivity index (χ2v) is 6.31. The average Bonchev–Trinajstić information content (AvgIpc) is 3.04. The maximum absolute atomic E-state index is 13.0. The van der Waals surface area contributed by atoms with Crippen LogP contribution in [0.4, 0.5) is 4.39 Å². The smallest absolute Gasteiger partial charge is 0.228 e. The summed E-state index contributed by atoms with van der Waals surface area (Å²) in [5.41, 5.74) is 1.22. The van der Waals surface area contributed by atoms with Crippen LogP contribution in [0.3, 0.4) is 0 Å². The molecule has 2 unspecified atom stereocenters. The van der Waals surface area contributed by atoms with E-state index in [-0.39, 0.29) is 24.1 Å². The molecule has 2 heterocycles. The van der Waals surface area contributed by atoms with Gasteiger partial charge in [0.15, 0.2) is 0 Å². The van der Waals surface area contributed by atoms with Crippen LogP contribution in [-0.4, -0.2) is 40.1 Å². The number of hydrogen-bond acceptors (Lipinski definition) is 4. The summed E-state index contributed by atoms with van der Waals surface area (Å²) in [5.74, 6) is 0.172. The first kappa shape index (κ1) is 16.6. The Kier molecular flexibility index (Phi) is 4.94. The third-order valence-electron chi connectivity index (χ3n) is 4.47. The maximum Gasteiger partial charge on any atom is 0.228 e. The maximum atomic E-state index is 13.0. The first-order valence-corrected chi connectivity index (χ1v) is 8.19. The number of amides is 1. The Morgan fingerprint density at radius 3 is 2.92 bits per heavy atom. The standard InChI is InChI=1S/C18H21FN2O3/c1-12(22)14-3-2-8-21(10-14)17(23)9-16-11-24-18(20-16)13-4-6-15(19)7-5-13/h4-7,11-12,14,22H,2-3,8-10H2,1H3. The molecule has 0 radical (unpaired) electrons. The molecular formula is C18H21FN2O3. The molecule has 1 N–H and O–H groups in total. The summed E-state index contributed by atoms with van der Waals surface area (Å²) in [6.45, 7) is 3.06. The Morgan fingerprint density at radius 2 is 2.21 bits per heavy atom. The van der Waals surface area contributed by atoms with E-state index < -0.39 is 6.10 Å². The lowest BCUT2D eigenvalue weighted by Gasteiger charge is -2.34. The summed E-state index contributed by atoms with van der Waals surface area (Å²) in [4.78, 5) is 18.5. The predicted octanol–water partition coefficient (Wildman–Crippen LogP) is 2.64. The predicted molar refractivity (Wildman–Crippen MR) is 86.6 cm³/mol. The molecule has 1 aromatic heterocycles. The highest BCUT2D eigenvalue weighted by Crippen LogP contribution is 2.22. The van der Waals surface area contributed by atoms with E-state index in [1.54, 1.807) is 24.0 Å². The number of carbonyl (C=O) groups is 1. The molecule has 24 heavy (non-hydrogen) atoms. The lowest BCUT2D eigenvalue weighted by molar-refractivity contribution is -0.133. The molecule has 0 spiro atoms. The van der Waals surface area contributed by atoms with Crippen LogP contribution >= 0.6 is 0 Å². The van der Waals surface area contributed by atoms with Crippen molar-refractivity contribution in [3.05, 3.63) is 42.0 Å². The number of piperidine rings is 1. The molecule has 6 heteroatoms. The van der Waals surface area contributed by atoms with Crippen LogP contribution < -0.4 is 0 Å². The van der Waals surface area contributed by atoms with Crippen LogP contribution in [0.5, 0.6) is 0 Å². The zero-order chi connectivity index (χ0) is 17.1. The largest absolute Gasteiger partial charge is 0.444 e. The summed E-state index contributed by atoms with van der Waals surface area (Å²) in [7, 11) is 0. The minimum absolute atomic E-state index is 0.0145. The van der Waals surface area contributed by atoms with Gasteiger partial charge in [0.05, 0.1) is 18.2 Å². The third kappa shape index (κ3) is 3.82. The fourth-order valence-corrected chi connectivity index (χ4v) is 3.01. The highest BCUT2D eigenvalue weighted by Gasteiger charge is 2.26. The second kappa shape index (κ2) is 7.13. The molecule has 1 amide bonds. The lowest BCUT2D eigenvalue weighted by Crippen LogP contribution is -2.43. The SMILES string of the molecule is CC(O)C1CCCN(C(=O)Cc2coc(-c3ccc(F)cc3)n2)C1. The molecule has 1 fully saturated rings. The van der Waals surface area contributed by atoms with Crippen molar-refractivity contribution in [1.82, 2.24) is 9.88 Å². The van der Waals surface area contributed by atoms with Gasteiger partial charge in [0.2, 0.25) is 11.8 Å². The van der Waals surface area contributed by atoms with Crippen LogP contribution in [-0.2, 0) is 11.2 Å². The van der Waals surface area contributed by atoms with Gasteiger partial charge in [0.1, 0.15) is 12.1 Å². The highest BCUT2D eigenvalue weighted by atomic mass is 19.1. The van der Waals surface area contributed by atoms with Crippen molar-refractivity contribution in [2.45, 2.75) is 32.3 Å². The van der Waals surface area contributed by atoms with Gasteiger partial charge < -0.3 is 14.4 Å². The molecular weight excluding hydrogens is 311 g/mol. The number of oxazole rings is 1. The summed E-state index contributed by atoms with van der Waals surface area (Å²) in [5, 5.41) is 9.72. The summed E-state index contributed by atoms with van der Waals surface area (Å²) in [6.07, 6.45) is 3.07. The van der Waals surface area contributed by atoms with Gasteiger partial charge in [0.25, 0.3) is 0 Å². The van der Waals surface area contributed by atoms with Gasteiger partial charge in [-0.2, -0.15) is 0 Å². The van der Waals surface area contributed by atoms with E-state index in [1.807, 2.05) is 0 Å². The molecule has 0 aliphatic carbocycles. The Morgan fingerprint density at radius 1 is 1.46 bits per heavy atom. The summed E-state index contributed by atoms with van der Waals surface area (Å²) in [6, 6.07) is 5.86. The number of likely N-dealkylation sites (tertiary alicyclic amines) is 1. The molecule has 5 nitrogen and oxygen atoms in total. The average molecular weight is 332 g/mol. The van der Waals surface area contributed by atoms with Crippen molar-refractivity contribution in [2.24, 2.45) is 5.92 Å². The number of aliphatic hydroxyl groups excluding tert-OH is 1. The summed E-state index contributed by atoms with van der Waals surface area (Å²) < 4.78 is 18.3. The van der Waals surface area contributed by atoms with Gasteiger partial charge in [-0.1, -0.05) is 0 Å². The zero-order valence-electron chi connectivity index (χ0n) is 13.6. The molecule has 128 valence electrons. The zero-order valence-corrected chi connectivity index (χ0v) is 13.6. The number of benzene rings is 1. The van der Waals surface area contributed by atoms with E-state index in [0.717, 1.165) is 12.8 Å². The summed E-state index contributed by atoms with van der Waals surface area (Å²) >= 11 is 0. The Bertz CT molecular complexity index is 697. The monoisotopic (exact) mass is 332 g/mol. The van der Waals surface area contributed by atoms with E-state index in [4.69, 9.17) is 4.42 Å². The molecule has 2 aromatic rings. The molecule has 1 aliphatic heterocycles. The molecule has 1 aromatic carbocycles. The van der Waals surface area contributed by atoms with E-state index >= 15 is 0 Å². The van der Waals surface area contributed by atoms with E-state index in [9.17, 15) is 14.3 Å². The van der Waals surface area contributed by atoms with Crippen LogP contribution in [0.15, 0.2) is 34.9 Å². The van der Waals surface area contributed by atoms with Crippen LogP contribution in [0, 0.1) is 11.7 Å². The van der Waals surface area contributed by atoms with E-state index in [1.165, 1.54) is 18.4 Å². The van der Waals surface area contributed by atoms with Crippen LogP contribution in [0.1, 0.15) is 25.5 Å². The molecule has 0 saturated carbocycles. The Balaban J connectivity index is 1.64. The van der Waals surface area contributed by atoms with Gasteiger partial charge in [-0.25, -0.2) is 9.37 Å². The Hall–Kier alpha value is -2.21. The quantitative estimate of drug-likeness (QED) is 0.935. The number of aromatic nitrogens is 1. The van der Waals surface area contributed by atoms with Crippen LogP contribution in [0.2, 0.25) is 0 Å². The lowest BCUT2D eigenvalue weighted by atomic mass is 9.93. The second-order valence-electron chi connectivity index (χ2n) is 6.31. The number of aliphatic hydroxyl groups is 1. The van der Waals surface area contributed by atoms with E-state index in [2.05, 4.69) is 4.98 Å². The number of rotatable bonds is 4. The number of hydrogen-bond donors (Lipinski definition) is 1. The van der Waals surface area contributed by atoms with Gasteiger partial charge in [0, 0.05) is 24.6 Å². The van der Waals surface area contributed by atoms with Gasteiger partial charge in [-0.15, -0.1) is 0 Å². The minimum Gasteiger partial charge on any atom is -0.444 e. The Labute approximate surface area is 140 Å². The minimum atomic E-state index is -0.405. The molecule has 3 rings (SSSR count). The number of halogens is 1. The molecule has 2 atom stereocenters. The molecule has 1 aliphatic rings. The van der Waals surface area contributed by atoms with Crippen molar-refractivity contribution in [1.29, 1.82) is 0 Å². The first-order chi connectivity index (χ1) is 11.5. The topological polar surface area (TPSA) is 66.6 Å². The molecule has 1 saturated heterocycles. The van der Waals surface area contributed by atoms with E-state index in [0.29, 0.717) is 30.2 Å². The molecule has 0 bridgehead atoms. The van der Waals surface area contributed by atoms with Gasteiger partial charge in [-0.05, 0) is 44.0 Å². The third-order valence-corrected chi connectivity index (χ3v) is 4.47. The fourth-order valence-electron chi connectivity index (χ4n) is 3.01. The van der Waals surface area contributed by atoms with Crippen molar-refractivity contribution in [3.8, 4) is 11.5 Å². The number of nitrogens with zero attached hydrogens (tertiary/aromatic N) is 2. The van der Waals surface area contributed by atoms with Crippen molar-refractivity contribution < 1.29 is 18.7 Å². The fraction of sp³-hybridized carbons (Fsp3) is 0.444. The van der Waals surface area contributed by atoms with Gasteiger partial charge >= 0.3 is 0 Å². The highest BCUT2D eigenvalue weighted by molar-refractivity contribution is 5.78. The van der Waals surface area contributed by atoms with Gasteiger partial charge in [-0.3, -0.25) is 4.79 Å². The van der Waals surface area contributed by atoms with Crippen molar-refractivity contribution in [2.75, 3.05) is 13.1 Å².